The number of rotatable bonds is 3. The molecule has 180 valence electrons. The van der Waals surface area contributed by atoms with Gasteiger partial charge in [0, 0.05) is 42.1 Å². The topological polar surface area (TPSA) is 63.9 Å². The summed E-state index contributed by atoms with van der Waals surface area (Å²) < 4.78 is 42.8. The Morgan fingerprint density at radius 2 is 1.86 bits per heavy atom. The van der Waals surface area contributed by atoms with Crippen LogP contribution in [0.15, 0.2) is 54.9 Å². The number of fused-ring (bicyclic) bond motifs is 1. The molecule has 1 fully saturated rings. The van der Waals surface area contributed by atoms with E-state index in [9.17, 15) is 18.0 Å². The standard InChI is InChI=1S/C26H24F3N5O/c1-16-8-11-33(12-9-16)25(35)21-14-22(18-5-4-10-30-15-18)34(32-21)23-13-17(2)31-24-19(23)6-3-7-20(24)26(27,28)29/h3-7,10,13-16H,8-9,11-12H2,1-2H3. The molecule has 0 atom stereocenters. The lowest BCUT2D eigenvalue weighted by Gasteiger charge is -2.29. The van der Waals surface area contributed by atoms with Crippen LogP contribution in [0.3, 0.4) is 0 Å². The van der Waals surface area contributed by atoms with E-state index in [-0.39, 0.29) is 17.1 Å². The van der Waals surface area contributed by atoms with Gasteiger partial charge >= 0.3 is 6.18 Å². The van der Waals surface area contributed by atoms with Gasteiger partial charge in [0.25, 0.3) is 5.91 Å². The minimum Gasteiger partial charge on any atom is -0.337 e. The monoisotopic (exact) mass is 479 g/mol. The summed E-state index contributed by atoms with van der Waals surface area (Å²) >= 11 is 0. The molecule has 4 heterocycles. The average Bonchev–Trinajstić information content (AvgIpc) is 3.28. The summed E-state index contributed by atoms with van der Waals surface area (Å²) in [5.41, 5.74) is 1.37. The van der Waals surface area contributed by atoms with Gasteiger partial charge in [0.2, 0.25) is 0 Å². The first-order valence-corrected chi connectivity index (χ1v) is 11.5. The summed E-state index contributed by atoms with van der Waals surface area (Å²) in [4.78, 5) is 23.5. The number of alkyl halides is 3. The number of aromatic nitrogens is 4. The predicted molar refractivity (Wildman–Crippen MR) is 126 cm³/mol. The van der Waals surface area contributed by atoms with Crippen molar-refractivity contribution in [1.29, 1.82) is 0 Å². The number of nitrogens with zero attached hydrogens (tertiary/aromatic N) is 5. The number of halogens is 3. The molecule has 1 aromatic carbocycles. The summed E-state index contributed by atoms with van der Waals surface area (Å²) in [6.45, 7) is 5.12. The number of hydrogen-bond donors (Lipinski definition) is 0. The number of carbonyl (C=O) groups is 1. The number of hydrogen-bond acceptors (Lipinski definition) is 4. The summed E-state index contributed by atoms with van der Waals surface area (Å²) in [6, 6.07) is 10.9. The molecular formula is C26H24F3N5O. The number of likely N-dealkylation sites (tertiary alicyclic amines) is 1. The Kier molecular flexibility index (Phi) is 5.78. The summed E-state index contributed by atoms with van der Waals surface area (Å²) in [7, 11) is 0. The maximum atomic E-state index is 13.8. The SMILES string of the molecule is Cc1cc(-n2nc(C(=O)N3CCC(C)CC3)cc2-c2cccnc2)c2cccc(C(F)(F)F)c2n1. The van der Waals surface area contributed by atoms with Gasteiger partial charge in [0.1, 0.15) is 0 Å². The molecular weight excluding hydrogens is 455 g/mol. The third-order valence-corrected chi connectivity index (χ3v) is 6.44. The zero-order valence-electron chi connectivity index (χ0n) is 19.4. The second kappa shape index (κ2) is 8.79. The van der Waals surface area contributed by atoms with Crippen molar-refractivity contribution in [2.24, 2.45) is 5.92 Å². The highest BCUT2D eigenvalue weighted by molar-refractivity contribution is 5.95. The van der Waals surface area contributed by atoms with E-state index in [1.165, 1.54) is 10.7 Å². The fourth-order valence-electron chi connectivity index (χ4n) is 4.52. The van der Waals surface area contributed by atoms with Crippen molar-refractivity contribution in [2.45, 2.75) is 32.9 Å². The number of amides is 1. The molecule has 0 bridgehead atoms. The first-order valence-electron chi connectivity index (χ1n) is 11.5. The Hall–Kier alpha value is -3.75. The zero-order valence-corrected chi connectivity index (χ0v) is 19.4. The van der Waals surface area contributed by atoms with E-state index in [0.717, 1.165) is 18.9 Å². The molecule has 6 nitrogen and oxygen atoms in total. The van der Waals surface area contributed by atoms with Gasteiger partial charge in [-0.3, -0.25) is 14.8 Å². The van der Waals surface area contributed by atoms with Crippen LogP contribution >= 0.6 is 0 Å². The molecule has 0 saturated carbocycles. The quantitative estimate of drug-likeness (QED) is 0.379. The third kappa shape index (κ3) is 4.38. The van der Waals surface area contributed by atoms with E-state index in [1.807, 2.05) is 6.07 Å². The number of piperidine rings is 1. The van der Waals surface area contributed by atoms with E-state index >= 15 is 0 Å². The van der Waals surface area contributed by atoms with E-state index in [1.54, 1.807) is 48.5 Å². The van der Waals surface area contributed by atoms with Gasteiger partial charge in [-0.1, -0.05) is 19.1 Å². The number of benzene rings is 1. The van der Waals surface area contributed by atoms with Crippen LogP contribution in [0.5, 0.6) is 0 Å². The summed E-state index contributed by atoms with van der Waals surface area (Å²) in [6.07, 6.45) is 0.571. The van der Waals surface area contributed by atoms with Crippen LogP contribution in [0.2, 0.25) is 0 Å². The first kappa shape index (κ1) is 23.0. The largest absolute Gasteiger partial charge is 0.418 e. The van der Waals surface area contributed by atoms with Crippen LogP contribution < -0.4 is 0 Å². The molecule has 1 aliphatic heterocycles. The second-order valence-electron chi connectivity index (χ2n) is 9.03. The minimum absolute atomic E-state index is 0.152. The van der Waals surface area contributed by atoms with Crippen molar-refractivity contribution >= 4 is 16.8 Å². The van der Waals surface area contributed by atoms with Crippen LogP contribution in [0, 0.1) is 12.8 Å². The predicted octanol–water partition coefficient (Wildman–Crippen LogP) is 5.68. The number of aryl methyl sites for hydroxylation is 1. The van der Waals surface area contributed by atoms with Crippen molar-refractivity contribution in [1.82, 2.24) is 24.6 Å². The molecule has 9 heteroatoms. The van der Waals surface area contributed by atoms with E-state index in [0.29, 0.717) is 47.0 Å². The number of carbonyl (C=O) groups excluding carboxylic acids is 1. The Morgan fingerprint density at radius 3 is 2.54 bits per heavy atom. The smallest absolute Gasteiger partial charge is 0.337 e. The lowest BCUT2D eigenvalue weighted by molar-refractivity contribution is -0.136. The Balaban J connectivity index is 1.70. The Labute approximate surface area is 200 Å². The van der Waals surface area contributed by atoms with Gasteiger partial charge in [0.05, 0.1) is 22.5 Å². The number of pyridine rings is 2. The summed E-state index contributed by atoms with van der Waals surface area (Å²) in [5.74, 6) is 0.378. The summed E-state index contributed by atoms with van der Waals surface area (Å²) in [5, 5.41) is 4.92. The molecule has 0 aliphatic carbocycles. The molecule has 1 saturated heterocycles. The molecule has 0 spiro atoms. The Morgan fingerprint density at radius 1 is 1.09 bits per heavy atom. The number of para-hydroxylation sites is 1. The van der Waals surface area contributed by atoms with Gasteiger partial charge in [-0.25, -0.2) is 4.68 Å². The molecule has 1 amide bonds. The maximum absolute atomic E-state index is 13.8. The van der Waals surface area contributed by atoms with E-state index in [4.69, 9.17) is 0 Å². The van der Waals surface area contributed by atoms with E-state index < -0.39 is 11.7 Å². The third-order valence-electron chi connectivity index (χ3n) is 6.44. The van der Waals surface area contributed by atoms with Crippen LogP contribution in [0.1, 0.15) is 41.5 Å². The van der Waals surface area contributed by atoms with Gasteiger partial charge in [-0.05, 0) is 56.0 Å². The van der Waals surface area contributed by atoms with E-state index in [2.05, 4.69) is 22.0 Å². The average molecular weight is 480 g/mol. The van der Waals surface area contributed by atoms with Gasteiger partial charge in [-0.2, -0.15) is 18.3 Å². The molecule has 3 aromatic heterocycles. The normalized spacial score (nSPS) is 15.1. The molecule has 35 heavy (non-hydrogen) atoms. The second-order valence-corrected chi connectivity index (χ2v) is 9.03. The molecule has 5 rings (SSSR count). The van der Waals surface area contributed by atoms with Crippen molar-refractivity contribution in [3.63, 3.8) is 0 Å². The molecule has 4 aromatic rings. The van der Waals surface area contributed by atoms with Crippen molar-refractivity contribution in [3.8, 4) is 16.9 Å². The lowest BCUT2D eigenvalue weighted by atomic mass is 9.99. The maximum Gasteiger partial charge on any atom is 0.418 e. The molecule has 0 radical (unpaired) electrons. The van der Waals surface area contributed by atoms with Crippen molar-refractivity contribution in [3.05, 3.63) is 71.8 Å². The first-order chi connectivity index (χ1) is 16.7. The highest BCUT2D eigenvalue weighted by Crippen LogP contribution is 2.37. The molecule has 0 unspecified atom stereocenters. The lowest BCUT2D eigenvalue weighted by Crippen LogP contribution is -2.38. The minimum atomic E-state index is -4.56. The highest BCUT2D eigenvalue weighted by atomic mass is 19.4. The zero-order chi connectivity index (χ0) is 24.7. The Bertz CT molecular complexity index is 1390. The van der Waals surface area contributed by atoms with Crippen LogP contribution in [0.4, 0.5) is 13.2 Å². The fourth-order valence-corrected chi connectivity index (χ4v) is 4.52. The van der Waals surface area contributed by atoms with Crippen molar-refractivity contribution < 1.29 is 18.0 Å². The van der Waals surface area contributed by atoms with Crippen LogP contribution in [-0.4, -0.2) is 43.6 Å². The van der Waals surface area contributed by atoms with Gasteiger partial charge in [-0.15, -0.1) is 0 Å². The van der Waals surface area contributed by atoms with Crippen molar-refractivity contribution in [2.75, 3.05) is 13.1 Å². The molecule has 0 N–H and O–H groups in total. The van der Waals surface area contributed by atoms with Gasteiger partial charge < -0.3 is 4.90 Å². The van der Waals surface area contributed by atoms with Crippen LogP contribution in [0.25, 0.3) is 27.8 Å². The highest BCUT2D eigenvalue weighted by Gasteiger charge is 2.34. The van der Waals surface area contributed by atoms with Gasteiger partial charge in [0.15, 0.2) is 5.69 Å². The molecule has 1 aliphatic rings. The van der Waals surface area contributed by atoms with Crippen LogP contribution in [-0.2, 0) is 6.18 Å². The fraction of sp³-hybridized carbons (Fsp3) is 0.308.